The minimum absolute atomic E-state index is 0.213. The molecule has 0 amide bonds. The van der Waals surface area contributed by atoms with E-state index in [0.717, 1.165) is 34.9 Å². The highest BCUT2D eigenvalue weighted by Crippen LogP contribution is 2.36. The molecule has 1 aliphatic rings. The van der Waals surface area contributed by atoms with Gasteiger partial charge in [0.15, 0.2) is 4.80 Å². The summed E-state index contributed by atoms with van der Waals surface area (Å²) in [5.41, 5.74) is 2.23. The Labute approximate surface area is 243 Å². The quantitative estimate of drug-likeness (QED) is 0.185. The van der Waals surface area contributed by atoms with E-state index < -0.39 is 12.0 Å². The Morgan fingerprint density at radius 1 is 0.951 bits per heavy atom. The van der Waals surface area contributed by atoms with E-state index in [0.29, 0.717) is 45.1 Å². The molecule has 0 spiro atoms. The third-order valence-corrected chi connectivity index (χ3v) is 7.97. The molecule has 3 aromatic carbocycles. The van der Waals surface area contributed by atoms with Crippen LogP contribution in [0.4, 0.5) is 0 Å². The maximum Gasteiger partial charge on any atom is 0.338 e. The van der Waals surface area contributed by atoms with Crippen LogP contribution < -0.4 is 24.4 Å². The fourth-order valence-corrected chi connectivity index (χ4v) is 6.13. The van der Waals surface area contributed by atoms with Gasteiger partial charge in [0.25, 0.3) is 5.56 Å². The van der Waals surface area contributed by atoms with Crippen LogP contribution in [0.3, 0.4) is 0 Å². The molecule has 0 N–H and O–H groups in total. The van der Waals surface area contributed by atoms with Crippen molar-refractivity contribution < 1.29 is 19.0 Å². The van der Waals surface area contributed by atoms with Gasteiger partial charge in [0.2, 0.25) is 0 Å². The Hall–Kier alpha value is -4.17. The number of rotatable bonds is 10. The molecule has 0 bridgehead atoms. The lowest BCUT2D eigenvalue weighted by Gasteiger charge is -2.26. The average molecular weight is 571 g/mol. The van der Waals surface area contributed by atoms with Crippen LogP contribution in [0.25, 0.3) is 16.8 Å². The molecular formula is C33H34N2O5S. The van der Waals surface area contributed by atoms with Gasteiger partial charge in [-0.3, -0.25) is 9.36 Å². The number of allylic oxidation sites excluding steroid dienone is 1. The number of hydrogen-bond acceptors (Lipinski definition) is 7. The fraction of sp³-hybridized carbons (Fsp3) is 0.303. The molecule has 0 unspecified atom stereocenters. The second kappa shape index (κ2) is 12.6. The molecule has 2 heterocycles. The van der Waals surface area contributed by atoms with Gasteiger partial charge in [-0.2, -0.15) is 0 Å². The molecular weight excluding hydrogens is 536 g/mol. The lowest BCUT2D eigenvalue weighted by Crippen LogP contribution is -2.40. The van der Waals surface area contributed by atoms with Crippen molar-refractivity contribution in [3.63, 3.8) is 0 Å². The van der Waals surface area contributed by atoms with Crippen molar-refractivity contribution in [1.82, 2.24) is 4.57 Å². The largest absolute Gasteiger partial charge is 0.494 e. The normalized spacial score (nSPS) is 15.0. The van der Waals surface area contributed by atoms with Crippen LogP contribution >= 0.6 is 11.3 Å². The molecule has 8 heteroatoms. The number of nitrogens with zero attached hydrogens (tertiary/aromatic N) is 2. The minimum Gasteiger partial charge on any atom is -0.494 e. The highest BCUT2D eigenvalue weighted by Gasteiger charge is 2.35. The maximum absolute atomic E-state index is 14.1. The van der Waals surface area contributed by atoms with Gasteiger partial charge >= 0.3 is 5.97 Å². The van der Waals surface area contributed by atoms with Crippen molar-refractivity contribution in [3.8, 4) is 11.5 Å². The SMILES string of the molecule is CCCCOc1ccc(/C=c2\sc3n(c2=O)[C@H](c2ccccc2OCC)C(C(=O)OCC)=C(C)N=3)c2ccccc12. The van der Waals surface area contributed by atoms with Crippen molar-refractivity contribution in [3.05, 3.63) is 103 Å². The van der Waals surface area contributed by atoms with Crippen LogP contribution in [0.1, 0.15) is 57.7 Å². The van der Waals surface area contributed by atoms with Crippen LogP contribution in [0.15, 0.2) is 81.7 Å². The predicted octanol–water partition coefficient (Wildman–Crippen LogP) is 5.53. The first-order chi connectivity index (χ1) is 20.0. The summed E-state index contributed by atoms with van der Waals surface area (Å²) in [5, 5.41) is 1.99. The molecule has 0 saturated heterocycles. The van der Waals surface area contributed by atoms with Crippen molar-refractivity contribution in [2.45, 2.75) is 46.6 Å². The maximum atomic E-state index is 14.1. The van der Waals surface area contributed by atoms with Gasteiger partial charge in [-0.15, -0.1) is 0 Å². The van der Waals surface area contributed by atoms with Gasteiger partial charge in [0, 0.05) is 10.9 Å². The van der Waals surface area contributed by atoms with Crippen LogP contribution in [0.5, 0.6) is 11.5 Å². The van der Waals surface area contributed by atoms with E-state index in [1.54, 1.807) is 18.4 Å². The number of unbranched alkanes of at least 4 members (excludes halogenated alkanes) is 1. The lowest BCUT2D eigenvalue weighted by molar-refractivity contribution is -0.139. The van der Waals surface area contributed by atoms with Gasteiger partial charge in [-0.1, -0.05) is 73.2 Å². The highest BCUT2D eigenvalue weighted by molar-refractivity contribution is 7.07. The molecule has 212 valence electrons. The number of hydrogen-bond donors (Lipinski definition) is 0. The first-order valence-electron chi connectivity index (χ1n) is 14.0. The molecule has 5 rings (SSSR count). The minimum atomic E-state index is -0.735. The number of carbonyl (C=O) groups is 1. The summed E-state index contributed by atoms with van der Waals surface area (Å²) in [5.74, 6) is 0.939. The fourth-order valence-electron chi connectivity index (χ4n) is 5.09. The Balaban J connectivity index is 1.70. The number of para-hydroxylation sites is 1. The Bertz CT molecular complexity index is 1800. The molecule has 1 aromatic heterocycles. The second-order valence-corrected chi connectivity index (χ2v) is 10.7. The number of benzene rings is 3. The lowest BCUT2D eigenvalue weighted by atomic mass is 9.95. The van der Waals surface area contributed by atoms with E-state index in [1.807, 2.05) is 73.7 Å². The molecule has 1 atom stereocenters. The summed E-state index contributed by atoms with van der Waals surface area (Å²) in [7, 11) is 0. The van der Waals surface area contributed by atoms with E-state index >= 15 is 0 Å². The Morgan fingerprint density at radius 3 is 2.46 bits per heavy atom. The third kappa shape index (κ3) is 5.57. The first kappa shape index (κ1) is 28.4. The van der Waals surface area contributed by atoms with Crippen molar-refractivity contribution >= 4 is 34.2 Å². The van der Waals surface area contributed by atoms with E-state index in [-0.39, 0.29) is 12.2 Å². The van der Waals surface area contributed by atoms with Crippen LogP contribution in [-0.4, -0.2) is 30.4 Å². The molecule has 1 aliphatic heterocycles. The summed E-state index contributed by atoms with van der Waals surface area (Å²) >= 11 is 1.30. The third-order valence-electron chi connectivity index (χ3n) is 6.99. The monoisotopic (exact) mass is 570 g/mol. The molecule has 0 saturated carbocycles. The zero-order valence-corrected chi connectivity index (χ0v) is 24.6. The summed E-state index contributed by atoms with van der Waals surface area (Å²) in [6.45, 7) is 8.90. The van der Waals surface area contributed by atoms with Gasteiger partial charge < -0.3 is 14.2 Å². The number of thiazole rings is 1. The van der Waals surface area contributed by atoms with E-state index in [9.17, 15) is 9.59 Å². The van der Waals surface area contributed by atoms with E-state index in [2.05, 4.69) is 6.92 Å². The molecule has 7 nitrogen and oxygen atoms in total. The van der Waals surface area contributed by atoms with Crippen LogP contribution in [0, 0.1) is 0 Å². The molecule has 0 fully saturated rings. The topological polar surface area (TPSA) is 79.1 Å². The van der Waals surface area contributed by atoms with Crippen molar-refractivity contribution in [1.29, 1.82) is 0 Å². The molecule has 0 aliphatic carbocycles. The van der Waals surface area contributed by atoms with Gasteiger partial charge in [-0.05, 0) is 56.4 Å². The van der Waals surface area contributed by atoms with Crippen LogP contribution in [-0.2, 0) is 9.53 Å². The van der Waals surface area contributed by atoms with Gasteiger partial charge in [-0.25, -0.2) is 9.79 Å². The van der Waals surface area contributed by atoms with E-state index in [4.69, 9.17) is 19.2 Å². The molecule has 0 radical (unpaired) electrons. The van der Waals surface area contributed by atoms with Crippen molar-refractivity contribution in [2.75, 3.05) is 19.8 Å². The number of esters is 1. The summed E-state index contributed by atoms with van der Waals surface area (Å²) in [6, 6.07) is 18.7. The summed E-state index contributed by atoms with van der Waals surface area (Å²) in [6.07, 6.45) is 3.94. The number of aromatic nitrogens is 1. The zero-order valence-electron chi connectivity index (χ0n) is 23.8. The number of carbonyl (C=O) groups excluding carboxylic acids is 1. The van der Waals surface area contributed by atoms with Crippen LogP contribution in [0.2, 0.25) is 0 Å². The average Bonchev–Trinajstić information content (AvgIpc) is 3.28. The molecule has 41 heavy (non-hydrogen) atoms. The summed E-state index contributed by atoms with van der Waals surface area (Å²) in [4.78, 5) is 32.6. The molecule has 4 aromatic rings. The van der Waals surface area contributed by atoms with Crippen molar-refractivity contribution in [2.24, 2.45) is 4.99 Å². The Kier molecular flexibility index (Phi) is 8.69. The summed E-state index contributed by atoms with van der Waals surface area (Å²) < 4.78 is 19.5. The van der Waals surface area contributed by atoms with Gasteiger partial charge in [0.1, 0.15) is 17.5 Å². The standard InChI is InChI=1S/C33H34N2O5S/c1-5-8-19-40-27-18-17-22(23-13-9-10-14-24(23)27)20-28-31(36)35-30(25-15-11-12-16-26(25)38-6-2)29(32(37)39-7-3)21(4)34-33(35)41-28/h9-18,20,30H,5-8,19H2,1-4H3/b28-20-/t30-/m1/s1. The smallest absolute Gasteiger partial charge is 0.338 e. The Morgan fingerprint density at radius 2 is 1.71 bits per heavy atom. The zero-order chi connectivity index (χ0) is 28.9. The second-order valence-electron chi connectivity index (χ2n) is 9.67. The first-order valence-corrected chi connectivity index (χ1v) is 14.9. The number of fused-ring (bicyclic) bond motifs is 2. The van der Waals surface area contributed by atoms with Gasteiger partial charge in [0.05, 0.1) is 35.6 Å². The highest BCUT2D eigenvalue weighted by atomic mass is 32.1. The predicted molar refractivity (Wildman–Crippen MR) is 162 cm³/mol. The number of ether oxygens (including phenoxy) is 3. The van der Waals surface area contributed by atoms with E-state index in [1.165, 1.54) is 11.3 Å².